The molecule has 41 heavy (non-hydrogen) atoms. The number of ether oxygens (including phenoxy) is 3. The molecule has 0 N–H and O–H groups in total. The molecule has 0 amide bonds. The summed E-state index contributed by atoms with van der Waals surface area (Å²) in [4.78, 5) is 12.6. The normalized spacial score (nSPS) is 16.9. The molecule has 2 aromatic carbocycles. The summed E-state index contributed by atoms with van der Waals surface area (Å²) >= 11 is 0. The van der Waals surface area contributed by atoms with Crippen LogP contribution in [0.5, 0.6) is 17.2 Å². The van der Waals surface area contributed by atoms with Gasteiger partial charge in [-0.2, -0.15) is 0 Å². The molecule has 0 heterocycles. The monoisotopic (exact) mass is 568 g/mol. The van der Waals surface area contributed by atoms with Gasteiger partial charge in [-0.15, -0.1) is 0 Å². The number of hydrogen-bond acceptors (Lipinski definition) is 4. The van der Waals surface area contributed by atoms with Gasteiger partial charge in [0.05, 0.1) is 18.8 Å². The van der Waals surface area contributed by atoms with E-state index in [0.29, 0.717) is 19.0 Å². The average molecular weight is 569 g/mol. The van der Waals surface area contributed by atoms with Crippen molar-refractivity contribution in [3.63, 3.8) is 0 Å². The summed E-state index contributed by atoms with van der Waals surface area (Å²) in [5.41, 5.74) is 0.154. The number of esters is 1. The largest absolute Gasteiger partial charge is 0.494 e. The van der Waals surface area contributed by atoms with Gasteiger partial charge in [0.2, 0.25) is 0 Å². The Morgan fingerprint density at radius 3 is 1.90 bits per heavy atom. The van der Waals surface area contributed by atoms with Gasteiger partial charge in [0.25, 0.3) is 0 Å². The fourth-order valence-corrected chi connectivity index (χ4v) is 5.81. The molecule has 0 spiro atoms. The number of halogens is 1. The van der Waals surface area contributed by atoms with Crippen molar-refractivity contribution in [1.29, 1.82) is 0 Å². The van der Waals surface area contributed by atoms with Gasteiger partial charge in [0, 0.05) is 0 Å². The number of carbonyl (C=O) groups excluding carboxylic acids is 1. The predicted molar refractivity (Wildman–Crippen MR) is 166 cm³/mol. The molecule has 2 aromatic rings. The molecule has 0 aromatic heterocycles. The number of carbonyl (C=O) groups is 1. The highest BCUT2D eigenvalue weighted by Gasteiger charge is 2.20. The lowest BCUT2D eigenvalue weighted by atomic mass is 9.78. The van der Waals surface area contributed by atoms with Gasteiger partial charge in [-0.3, -0.25) is 0 Å². The maximum Gasteiger partial charge on any atom is 0.343 e. The van der Waals surface area contributed by atoms with Gasteiger partial charge in [0.15, 0.2) is 11.6 Å². The topological polar surface area (TPSA) is 44.8 Å². The summed E-state index contributed by atoms with van der Waals surface area (Å²) in [5.74, 6) is 1.99. The van der Waals surface area contributed by atoms with E-state index in [1.165, 1.54) is 102 Å². The van der Waals surface area contributed by atoms with E-state index >= 15 is 0 Å². The number of benzene rings is 2. The van der Waals surface area contributed by atoms with Gasteiger partial charge >= 0.3 is 5.97 Å². The van der Waals surface area contributed by atoms with Crippen molar-refractivity contribution in [2.75, 3.05) is 13.2 Å². The zero-order chi connectivity index (χ0) is 29.1. The van der Waals surface area contributed by atoms with E-state index in [2.05, 4.69) is 13.8 Å². The minimum atomic E-state index is -0.601. The van der Waals surface area contributed by atoms with Crippen LogP contribution in [0.3, 0.4) is 0 Å². The molecule has 4 nitrogen and oxygen atoms in total. The minimum absolute atomic E-state index is 0.154. The molecule has 1 saturated carbocycles. The first-order valence-corrected chi connectivity index (χ1v) is 16.5. The van der Waals surface area contributed by atoms with Crippen LogP contribution >= 0.6 is 0 Å². The van der Waals surface area contributed by atoms with Crippen molar-refractivity contribution in [1.82, 2.24) is 0 Å². The third-order valence-corrected chi connectivity index (χ3v) is 8.42. The van der Waals surface area contributed by atoms with Crippen LogP contribution in [-0.2, 0) is 0 Å². The summed E-state index contributed by atoms with van der Waals surface area (Å²) in [6, 6.07) is 11.3. The van der Waals surface area contributed by atoms with Gasteiger partial charge in [-0.05, 0) is 73.6 Å². The Morgan fingerprint density at radius 1 is 0.683 bits per heavy atom. The smallest absolute Gasteiger partial charge is 0.343 e. The van der Waals surface area contributed by atoms with Crippen LogP contribution < -0.4 is 14.2 Å². The van der Waals surface area contributed by atoms with Crippen LogP contribution in [-0.4, -0.2) is 19.2 Å². The van der Waals surface area contributed by atoms with Crippen molar-refractivity contribution in [3.8, 4) is 17.2 Å². The lowest BCUT2D eigenvalue weighted by Gasteiger charge is -2.28. The maximum absolute atomic E-state index is 14.5. The predicted octanol–water partition coefficient (Wildman–Crippen LogP) is 10.7. The Labute approximate surface area is 248 Å². The summed E-state index contributed by atoms with van der Waals surface area (Å²) < 4.78 is 31.5. The Kier molecular flexibility index (Phi) is 15.7. The highest BCUT2D eigenvalue weighted by molar-refractivity contribution is 5.91. The van der Waals surface area contributed by atoms with Crippen LogP contribution in [0.15, 0.2) is 42.5 Å². The lowest BCUT2D eigenvalue weighted by molar-refractivity contribution is 0.0734. The van der Waals surface area contributed by atoms with Crippen molar-refractivity contribution >= 4 is 5.97 Å². The third kappa shape index (κ3) is 12.9. The van der Waals surface area contributed by atoms with Crippen molar-refractivity contribution in [2.45, 2.75) is 123 Å². The third-order valence-electron chi connectivity index (χ3n) is 8.42. The minimum Gasteiger partial charge on any atom is -0.494 e. The number of rotatable bonds is 20. The zero-order valence-corrected chi connectivity index (χ0v) is 25.6. The Morgan fingerprint density at radius 2 is 1.24 bits per heavy atom. The van der Waals surface area contributed by atoms with E-state index in [1.54, 1.807) is 18.2 Å². The average Bonchev–Trinajstić information content (AvgIpc) is 2.99. The Balaban J connectivity index is 1.30. The standard InChI is InChI=1S/C36H53FO4/c1-3-5-7-8-9-10-12-26-40-35-25-20-31(28-34(35)37)36(38)41-33-23-21-32(22-24-33)39-27-13-15-30-18-16-29(17-19-30)14-11-6-4-2/h20-25,28-30H,3-19,26-27H2,1-2H3. The highest BCUT2D eigenvalue weighted by Crippen LogP contribution is 2.34. The van der Waals surface area contributed by atoms with E-state index in [1.807, 2.05) is 12.1 Å². The Hall–Kier alpha value is -2.56. The Bertz CT molecular complexity index is 982. The molecular formula is C36H53FO4. The van der Waals surface area contributed by atoms with Crippen LogP contribution in [0.2, 0.25) is 0 Å². The van der Waals surface area contributed by atoms with Crippen molar-refractivity contribution in [2.24, 2.45) is 11.8 Å². The van der Waals surface area contributed by atoms with E-state index < -0.39 is 11.8 Å². The van der Waals surface area contributed by atoms with Crippen LogP contribution in [0.25, 0.3) is 0 Å². The second kappa shape index (κ2) is 19.5. The van der Waals surface area contributed by atoms with E-state index in [-0.39, 0.29) is 11.3 Å². The lowest BCUT2D eigenvalue weighted by Crippen LogP contribution is -2.15. The van der Waals surface area contributed by atoms with Crippen LogP contribution in [0, 0.1) is 17.7 Å². The molecule has 5 heteroatoms. The molecule has 1 fully saturated rings. The molecule has 0 bridgehead atoms. The van der Waals surface area contributed by atoms with Crippen LogP contribution in [0.1, 0.15) is 133 Å². The van der Waals surface area contributed by atoms with E-state index in [4.69, 9.17) is 14.2 Å². The molecule has 0 saturated heterocycles. The van der Waals surface area contributed by atoms with E-state index in [0.717, 1.165) is 36.8 Å². The first-order valence-electron chi connectivity index (χ1n) is 16.5. The molecule has 1 aliphatic carbocycles. The summed E-state index contributed by atoms with van der Waals surface area (Å²) in [6.07, 6.45) is 21.6. The zero-order valence-electron chi connectivity index (χ0n) is 25.6. The molecular weight excluding hydrogens is 515 g/mol. The SMILES string of the molecule is CCCCCCCCCOc1ccc(C(=O)Oc2ccc(OCCCC3CCC(CCCCC)CC3)cc2)cc1F. The quantitative estimate of drug-likeness (QED) is 0.0905. The molecule has 3 rings (SSSR count). The number of unbranched alkanes of at least 4 members (excludes halogenated alkanes) is 8. The first-order chi connectivity index (χ1) is 20.1. The maximum atomic E-state index is 14.5. The van der Waals surface area contributed by atoms with Gasteiger partial charge in [0.1, 0.15) is 11.5 Å². The summed E-state index contributed by atoms with van der Waals surface area (Å²) in [5, 5.41) is 0. The van der Waals surface area contributed by atoms with Gasteiger partial charge in [-0.1, -0.05) is 104 Å². The molecule has 228 valence electrons. The second-order valence-corrected chi connectivity index (χ2v) is 11.8. The van der Waals surface area contributed by atoms with Crippen molar-refractivity contribution in [3.05, 3.63) is 53.8 Å². The molecule has 0 aliphatic heterocycles. The highest BCUT2D eigenvalue weighted by atomic mass is 19.1. The van der Waals surface area contributed by atoms with Gasteiger partial charge < -0.3 is 14.2 Å². The van der Waals surface area contributed by atoms with Crippen LogP contribution in [0.4, 0.5) is 4.39 Å². The van der Waals surface area contributed by atoms with Gasteiger partial charge in [-0.25, -0.2) is 9.18 Å². The summed E-state index contributed by atoms with van der Waals surface area (Å²) in [7, 11) is 0. The molecule has 0 atom stereocenters. The molecule has 1 aliphatic rings. The number of hydrogen-bond donors (Lipinski definition) is 0. The first kappa shape index (κ1) is 32.9. The van der Waals surface area contributed by atoms with Crippen molar-refractivity contribution < 1.29 is 23.4 Å². The fraction of sp³-hybridized carbons (Fsp3) is 0.639. The summed E-state index contributed by atoms with van der Waals surface area (Å²) in [6.45, 7) is 5.66. The fourth-order valence-electron chi connectivity index (χ4n) is 5.81. The molecule has 0 unspecified atom stereocenters. The molecule has 0 radical (unpaired) electrons. The van der Waals surface area contributed by atoms with E-state index in [9.17, 15) is 9.18 Å². The second-order valence-electron chi connectivity index (χ2n) is 11.8.